The van der Waals surface area contributed by atoms with E-state index in [2.05, 4.69) is 20.2 Å². The summed E-state index contributed by atoms with van der Waals surface area (Å²) in [5, 5.41) is 3.34. The van der Waals surface area contributed by atoms with Crippen molar-refractivity contribution in [3.05, 3.63) is 23.8 Å². The van der Waals surface area contributed by atoms with Crippen molar-refractivity contribution in [2.24, 2.45) is 0 Å². The lowest BCUT2D eigenvalue weighted by Gasteiger charge is -2.22. The summed E-state index contributed by atoms with van der Waals surface area (Å²) < 4.78 is 11.3. The number of nitrogens with zero attached hydrogens (tertiary/aromatic N) is 3. The first-order chi connectivity index (χ1) is 12.2. The monoisotopic (exact) mass is 341 g/mol. The Bertz CT molecular complexity index is 795. The number of rotatable bonds is 3. The Kier molecular flexibility index (Phi) is 4.09. The van der Waals surface area contributed by atoms with E-state index < -0.39 is 0 Å². The molecule has 2 aliphatic rings. The molecule has 2 aliphatic heterocycles. The number of hydrogen-bond acceptors (Lipinski definition) is 7. The summed E-state index contributed by atoms with van der Waals surface area (Å²) in [4.78, 5) is 11.4. The third kappa shape index (κ3) is 2.84. The normalized spacial score (nSPS) is 19.0. The summed E-state index contributed by atoms with van der Waals surface area (Å²) in [6, 6.07) is 6.28. The highest BCUT2D eigenvalue weighted by molar-refractivity contribution is 5.76. The Morgan fingerprint density at radius 1 is 1.36 bits per heavy atom. The van der Waals surface area contributed by atoms with Crippen LogP contribution < -0.4 is 25.4 Å². The van der Waals surface area contributed by atoms with Gasteiger partial charge < -0.3 is 25.4 Å². The van der Waals surface area contributed by atoms with Crippen molar-refractivity contribution in [3.63, 3.8) is 0 Å². The van der Waals surface area contributed by atoms with Crippen LogP contribution in [0.25, 0.3) is 11.3 Å². The van der Waals surface area contributed by atoms with Crippen molar-refractivity contribution in [1.82, 2.24) is 15.3 Å². The fourth-order valence-corrected chi connectivity index (χ4v) is 3.60. The highest BCUT2D eigenvalue weighted by Gasteiger charge is 2.28. The van der Waals surface area contributed by atoms with Crippen molar-refractivity contribution in [3.8, 4) is 22.8 Å². The number of hydrogen-bond donors (Lipinski definition) is 2. The number of likely N-dealkylation sites (N-methyl/N-ethyl adjacent to an activating group) is 1. The van der Waals surface area contributed by atoms with Gasteiger partial charge in [-0.1, -0.05) is 0 Å². The molecular weight excluding hydrogens is 318 g/mol. The van der Waals surface area contributed by atoms with Gasteiger partial charge in [0.2, 0.25) is 5.95 Å². The molecule has 0 unspecified atom stereocenters. The molecule has 7 heteroatoms. The molecular formula is C18H23N5O2. The maximum atomic E-state index is 6.05. The smallest absolute Gasteiger partial charge is 0.222 e. The molecule has 2 aromatic rings. The average molecular weight is 341 g/mol. The highest BCUT2D eigenvalue weighted by atomic mass is 16.5. The zero-order valence-corrected chi connectivity index (χ0v) is 14.6. The number of nitrogens with two attached hydrogens (primary N) is 1. The Hall–Kier alpha value is -2.54. The van der Waals surface area contributed by atoms with Crippen LogP contribution in [-0.2, 0) is 6.42 Å². The quantitative estimate of drug-likeness (QED) is 0.874. The minimum absolute atomic E-state index is 0.297. The van der Waals surface area contributed by atoms with Crippen LogP contribution in [-0.4, -0.2) is 49.9 Å². The Labute approximate surface area is 147 Å². The lowest BCUT2D eigenvalue weighted by atomic mass is 10.0. The van der Waals surface area contributed by atoms with Crippen LogP contribution >= 0.6 is 0 Å². The number of benzene rings is 1. The van der Waals surface area contributed by atoms with Gasteiger partial charge in [-0.15, -0.1) is 0 Å². The zero-order valence-electron chi connectivity index (χ0n) is 14.6. The van der Waals surface area contributed by atoms with E-state index in [4.69, 9.17) is 15.2 Å². The third-order valence-electron chi connectivity index (χ3n) is 4.95. The lowest BCUT2D eigenvalue weighted by Crippen LogP contribution is -2.30. The molecule has 0 aliphatic carbocycles. The summed E-state index contributed by atoms with van der Waals surface area (Å²) in [6.07, 6.45) is 1.85. The van der Waals surface area contributed by atoms with E-state index in [9.17, 15) is 0 Å². The maximum Gasteiger partial charge on any atom is 0.222 e. The maximum absolute atomic E-state index is 6.05. The molecule has 0 radical (unpaired) electrons. The van der Waals surface area contributed by atoms with Gasteiger partial charge >= 0.3 is 0 Å². The van der Waals surface area contributed by atoms with Crippen molar-refractivity contribution in [2.75, 3.05) is 44.5 Å². The van der Waals surface area contributed by atoms with Crippen LogP contribution in [0, 0.1) is 0 Å². The molecule has 0 bridgehead atoms. The fourth-order valence-electron chi connectivity index (χ4n) is 3.60. The summed E-state index contributed by atoms with van der Waals surface area (Å²) >= 11 is 0. The number of nitrogens with one attached hydrogen (secondary N) is 1. The summed E-state index contributed by atoms with van der Waals surface area (Å²) in [6.45, 7) is 2.47. The second-order valence-corrected chi connectivity index (χ2v) is 6.41. The van der Waals surface area contributed by atoms with Crippen molar-refractivity contribution in [1.29, 1.82) is 0 Å². The van der Waals surface area contributed by atoms with Crippen LogP contribution in [0.5, 0.6) is 11.5 Å². The molecule has 1 aromatic carbocycles. The Morgan fingerprint density at radius 2 is 2.24 bits per heavy atom. The summed E-state index contributed by atoms with van der Waals surface area (Å²) in [5.41, 5.74) is 8.96. The summed E-state index contributed by atoms with van der Waals surface area (Å²) in [5.74, 6) is 2.77. The van der Waals surface area contributed by atoms with E-state index in [1.807, 2.05) is 25.2 Å². The first kappa shape index (κ1) is 16.0. The minimum atomic E-state index is 0.297. The van der Waals surface area contributed by atoms with E-state index >= 15 is 0 Å². The molecule has 7 nitrogen and oxygen atoms in total. The molecule has 132 valence electrons. The van der Waals surface area contributed by atoms with E-state index in [0.717, 1.165) is 60.1 Å². The molecule has 1 saturated heterocycles. The lowest BCUT2D eigenvalue weighted by molar-refractivity contribution is 0.323. The van der Waals surface area contributed by atoms with Crippen molar-refractivity contribution < 1.29 is 9.47 Å². The number of ether oxygens (including phenoxy) is 2. The molecule has 3 heterocycles. The molecule has 1 fully saturated rings. The van der Waals surface area contributed by atoms with Crippen LogP contribution in [0.15, 0.2) is 18.2 Å². The van der Waals surface area contributed by atoms with Gasteiger partial charge in [0.1, 0.15) is 17.3 Å². The molecule has 4 rings (SSSR count). The second-order valence-electron chi connectivity index (χ2n) is 6.41. The van der Waals surface area contributed by atoms with Gasteiger partial charge in [-0.3, -0.25) is 0 Å². The Balaban J connectivity index is 1.82. The Morgan fingerprint density at radius 3 is 3.00 bits per heavy atom. The SMILES string of the molecule is CN[C@@H]1CCN(c2nc(N)nc3c2CCOc2cc(OC)ccc2-3)C1. The molecule has 3 N–H and O–H groups in total. The number of methoxy groups -OCH3 is 1. The predicted molar refractivity (Wildman–Crippen MR) is 97.3 cm³/mol. The highest BCUT2D eigenvalue weighted by Crippen LogP contribution is 2.40. The van der Waals surface area contributed by atoms with Crippen LogP contribution in [0.3, 0.4) is 0 Å². The first-order valence-corrected chi connectivity index (χ1v) is 8.59. The van der Waals surface area contributed by atoms with Gasteiger partial charge in [0.25, 0.3) is 0 Å². The van der Waals surface area contributed by atoms with Crippen LogP contribution in [0.4, 0.5) is 11.8 Å². The van der Waals surface area contributed by atoms with Gasteiger partial charge in [-0.05, 0) is 25.6 Å². The van der Waals surface area contributed by atoms with E-state index in [1.165, 1.54) is 0 Å². The van der Waals surface area contributed by atoms with E-state index in [0.29, 0.717) is 18.6 Å². The first-order valence-electron chi connectivity index (χ1n) is 8.59. The molecule has 1 atom stereocenters. The molecule has 1 aromatic heterocycles. The fraction of sp³-hybridized carbons (Fsp3) is 0.444. The van der Waals surface area contributed by atoms with Gasteiger partial charge in [0, 0.05) is 42.7 Å². The van der Waals surface area contributed by atoms with E-state index in [1.54, 1.807) is 7.11 Å². The van der Waals surface area contributed by atoms with E-state index in [-0.39, 0.29) is 0 Å². The number of aromatic nitrogens is 2. The predicted octanol–water partition coefficient (Wildman–Crippen LogP) is 1.47. The number of anilines is 2. The third-order valence-corrected chi connectivity index (χ3v) is 4.95. The minimum Gasteiger partial charge on any atom is -0.497 e. The second kappa shape index (κ2) is 6.40. The van der Waals surface area contributed by atoms with Gasteiger partial charge in [0.05, 0.1) is 19.4 Å². The van der Waals surface area contributed by atoms with Crippen LogP contribution in [0.2, 0.25) is 0 Å². The molecule has 0 amide bonds. The molecule has 25 heavy (non-hydrogen) atoms. The largest absolute Gasteiger partial charge is 0.497 e. The van der Waals surface area contributed by atoms with Gasteiger partial charge in [-0.2, -0.15) is 4.98 Å². The average Bonchev–Trinajstić information content (AvgIpc) is 3.04. The topological polar surface area (TPSA) is 85.5 Å². The number of nitrogen functional groups attached to an aromatic ring is 1. The zero-order chi connectivity index (χ0) is 17.4. The summed E-state index contributed by atoms with van der Waals surface area (Å²) in [7, 11) is 3.65. The van der Waals surface area contributed by atoms with Crippen molar-refractivity contribution >= 4 is 11.8 Å². The van der Waals surface area contributed by atoms with Gasteiger partial charge in [0.15, 0.2) is 0 Å². The molecule has 0 spiro atoms. The van der Waals surface area contributed by atoms with Crippen LogP contribution in [0.1, 0.15) is 12.0 Å². The standard InChI is InChI=1S/C18H23N5O2/c1-20-11-5-7-23(10-11)17-14-6-8-25-15-9-12(24-2)3-4-13(15)16(14)21-18(19)22-17/h3-4,9,11,20H,5-8,10H2,1-2H3,(H2,19,21,22)/t11-/m1/s1. The molecule has 0 saturated carbocycles. The van der Waals surface area contributed by atoms with Crippen molar-refractivity contribution in [2.45, 2.75) is 18.9 Å². The van der Waals surface area contributed by atoms with Gasteiger partial charge in [-0.25, -0.2) is 4.98 Å². The number of fused-ring (bicyclic) bond motifs is 3.